The molecule has 0 aromatic heterocycles. The predicted octanol–water partition coefficient (Wildman–Crippen LogP) is 4.41. The third kappa shape index (κ3) is 9.26. The van der Waals surface area contributed by atoms with Crippen LogP contribution in [-0.2, 0) is 25.6 Å². The van der Waals surface area contributed by atoms with Gasteiger partial charge in [-0.3, -0.25) is 9.59 Å². The van der Waals surface area contributed by atoms with Crippen LogP contribution in [0.1, 0.15) is 65.2 Å². The van der Waals surface area contributed by atoms with Crippen molar-refractivity contribution in [3.63, 3.8) is 0 Å². The lowest BCUT2D eigenvalue weighted by molar-refractivity contribution is -0.134. The van der Waals surface area contributed by atoms with Crippen LogP contribution in [0.2, 0.25) is 0 Å². The van der Waals surface area contributed by atoms with Crippen LogP contribution in [0, 0.1) is 11.8 Å². The quantitative estimate of drug-likeness (QED) is 0.146. The molecule has 0 heterocycles. The average Bonchev–Trinajstić information content (AvgIpc) is 2.62. The summed E-state index contributed by atoms with van der Waals surface area (Å²) in [6.45, 7) is 4.23. The molecular formula is C20H32ClNO4S. The van der Waals surface area contributed by atoms with Gasteiger partial charge in [0.15, 0.2) is 0 Å². The number of unbranched alkanes of at least 4 members (excludes halogenated alkanes) is 1. The van der Waals surface area contributed by atoms with E-state index in [0.717, 1.165) is 37.9 Å². The van der Waals surface area contributed by atoms with Gasteiger partial charge in [-0.15, -0.1) is 0 Å². The number of carbonyl (C=O) groups excluding carboxylic acids is 2. The summed E-state index contributed by atoms with van der Waals surface area (Å²) in [5, 5.41) is 4.04. The van der Waals surface area contributed by atoms with E-state index in [1.807, 2.05) is 13.8 Å². The molecule has 0 radical (unpaired) electrons. The molecule has 0 N–H and O–H groups in total. The fourth-order valence-corrected chi connectivity index (χ4v) is 4.61. The summed E-state index contributed by atoms with van der Waals surface area (Å²) in [7, 11) is 0. The summed E-state index contributed by atoms with van der Waals surface area (Å²) in [4.78, 5) is 30.4. The van der Waals surface area contributed by atoms with Gasteiger partial charge in [0.05, 0.1) is 5.71 Å². The maximum atomic E-state index is 12.6. The van der Waals surface area contributed by atoms with E-state index in [-0.39, 0.29) is 24.1 Å². The van der Waals surface area contributed by atoms with Crippen LogP contribution in [0.3, 0.4) is 0 Å². The molecule has 0 aromatic rings. The Balaban J connectivity index is 2.53. The molecule has 0 saturated heterocycles. The molecule has 1 fully saturated rings. The zero-order chi connectivity index (χ0) is 20.1. The Bertz CT molecular complexity index is 506. The molecule has 1 rings (SSSR count). The van der Waals surface area contributed by atoms with Gasteiger partial charge < -0.3 is 9.39 Å². The second kappa shape index (κ2) is 14.2. The molecule has 0 aromatic carbocycles. The number of halogens is 1. The van der Waals surface area contributed by atoms with Gasteiger partial charge in [-0.1, -0.05) is 48.2 Å². The van der Waals surface area contributed by atoms with Gasteiger partial charge in [-0.2, -0.15) is 0 Å². The van der Waals surface area contributed by atoms with E-state index in [0.29, 0.717) is 30.7 Å². The van der Waals surface area contributed by atoms with Crippen LogP contribution in [0.4, 0.5) is 0 Å². The first-order chi connectivity index (χ1) is 13.0. The van der Waals surface area contributed by atoms with Gasteiger partial charge in [0.1, 0.15) is 35.6 Å². The number of hydrogen-bond acceptors (Lipinski definition) is 5. The Morgan fingerprint density at radius 1 is 1.22 bits per heavy atom. The minimum Gasteiger partial charge on any atom is -0.616 e. The molecule has 154 valence electrons. The van der Waals surface area contributed by atoms with Gasteiger partial charge in [-0.05, 0) is 44.1 Å². The zero-order valence-electron chi connectivity index (χ0n) is 16.5. The Labute approximate surface area is 171 Å². The maximum absolute atomic E-state index is 12.6. The molecule has 7 heteroatoms. The largest absolute Gasteiger partial charge is 0.616 e. The van der Waals surface area contributed by atoms with Crippen LogP contribution < -0.4 is 0 Å². The fourth-order valence-electron chi connectivity index (χ4n) is 3.36. The lowest BCUT2D eigenvalue weighted by atomic mass is 9.75. The first-order valence-electron chi connectivity index (χ1n) is 9.87. The second-order valence-electron chi connectivity index (χ2n) is 6.97. The maximum Gasteiger partial charge on any atom is 0.149 e. The van der Waals surface area contributed by atoms with Crippen molar-refractivity contribution >= 4 is 40.1 Å². The highest BCUT2D eigenvalue weighted by molar-refractivity contribution is 7.91. The van der Waals surface area contributed by atoms with Gasteiger partial charge in [0, 0.05) is 18.4 Å². The average molecular weight is 418 g/mol. The molecule has 27 heavy (non-hydrogen) atoms. The molecule has 5 nitrogen and oxygen atoms in total. The van der Waals surface area contributed by atoms with Gasteiger partial charge >= 0.3 is 0 Å². The molecule has 0 bridgehead atoms. The van der Waals surface area contributed by atoms with Crippen molar-refractivity contribution in [1.82, 2.24) is 0 Å². The summed E-state index contributed by atoms with van der Waals surface area (Å²) in [5.41, 5.74) is 1.87. The monoisotopic (exact) mass is 417 g/mol. The number of nitrogens with zero attached hydrogens (tertiary/aromatic N) is 1. The van der Waals surface area contributed by atoms with Crippen LogP contribution in [0.15, 0.2) is 16.8 Å². The van der Waals surface area contributed by atoms with E-state index in [1.165, 1.54) is 5.54 Å². The molecule has 0 aliphatic heterocycles. The van der Waals surface area contributed by atoms with Crippen LogP contribution in [-0.4, -0.2) is 39.9 Å². The number of oxime groups is 1. The van der Waals surface area contributed by atoms with E-state index in [9.17, 15) is 14.1 Å². The van der Waals surface area contributed by atoms with Crippen LogP contribution in [0.5, 0.6) is 0 Å². The summed E-state index contributed by atoms with van der Waals surface area (Å²) >= 11 is 4.70. The highest BCUT2D eigenvalue weighted by Gasteiger charge is 2.38. The van der Waals surface area contributed by atoms with Crippen LogP contribution >= 0.6 is 11.6 Å². The zero-order valence-corrected chi connectivity index (χ0v) is 18.0. The van der Waals surface area contributed by atoms with Gasteiger partial charge in [0.25, 0.3) is 0 Å². The van der Waals surface area contributed by atoms with Crippen molar-refractivity contribution in [2.24, 2.45) is 17.0 Å². The lowest BCUT2D eigenvalue weighted by Gasteiger charge is -2.27. The summed E-state index contributed by atoms with van der Waals surface area (Å²) in [5.74, 6) is 0.725. The topological polar surface area (TPSA) is 78.8 Å². The molecule has 1 saturated carbocycles. The highest BCUT2D eigenvalue weighted by Crippen LogP contribution is 2.29. The van der Waals surface area contributed by atoms with E-state index in [2.05, 4.69) is 5.16 Å². The highest BCUT2D eigenvalue weighted by atomic mass is 35.5. The molecular weight excluding hydrogens is 386 g/mol. The van der Waals surface area contributed by atoms with Crippen LogP contribution in [0.25, 0.3) is 0 Å². The van der Waals surface area contributed by atoms with Crippen molar-refractivity contribution in [3.8, 4) is 0 Å². The summed E-state index contributed by atoms with van der Waals surface area (Å²) in [6.07, 6.45) is 7.37. The van der Waals surface area contributed by atoms with E-state index < -0.39 is 17.1 Å². The first-order valence-corrected chi connectivity index (χ1v) is 11.8. The van der Waals surface area contributed by atoms with Crippen molar-refractivity contribution in [2.75, 3.05) is 18.1 Å². The molecule has 1 aliphatic rings. The standard InChI is InChI=1S/C20H32ClNO4S/c1-3-8-17(22-26-11-7-10-21)20-18(23)14-16(15-19(20)24)9-5-6-13-27(25)12-4-2/h7,10,16,20H,3-6,8-9,11-15H2,1-2H3/t16-,20-,27?. The lowest BCUT2D eigenvalue weighted by Crippen LogP contribution is -2.39. The SMILES string of the molecule is CCCC(=NOCC=CCl)[C@H]1C(=O)C[C@H](CCCC[S+]([O-])CCC)CC1=O. The van der Waals surface area contributed by atoms with Crippen molar-refractivity contribution in [3.05, 3.63) is 11.6 Å². The van der Waals surface area contributed by atoms with E-state index in [1.54, 1.807) is 6.08 Å². The Morgan fingerprint density at radius 2 is 1.93 bits per heavy atom. The number of rotatable bonds is 13. The Kier molecular flexibility index (Phi) is 12.7. The molecule has 0 amide bonds. The summed E-state index contributed by atoms with van der Waals surface area (Å²) in [6, 6.07) is 0. The van der Waals surface area contributed by atoms with Crippen molar-refractivity contribution in [2.45, 2.75) is 65.2 Å². The minimum absolute atomic E-state index is 0.0468. The molecule has 1 aliphatic carbocycles. The number of ketones is 2. The smallest absolute Gasteiger partial charge is 0.149 e. The normalized spacial score (nSPS) is 22.4. The number of carbonyl (C=O) groups is 2. The minimum atomic E-state index is -0.752. The van der Waals surface area contributed by atoms with Crippen molar-refractivity contribution in [1.29, 1.82) is 0 Å². The number of Topliss-reactive ketones (excluding diaryl/α,β-unsaturated/α-hetero) is 2. The van der Waals surface area contributed by atoms with E-state index in [4.69, 9.17) is 16.4 Å². The third-order valence-electron chi connectivity index (χ3n) is 4.57. The fraction of sp³-hybridized carbons (Fsp3) is 0.750. The van der Waals surface area contributed by atoms with Gasteiger partial charge in [-0.25, -0.2) is 0 Å². The van der Waals surface area contributed by atoms with Crippen molar-refractivity contribution < 1.29 is 19.0 Å². The van der Waals surface area contributed by atoms with E-state index >= 15 is 0 Å². The first kappa shape index (κ1) is 24.2. The second-order valence-corrected chi connectivity index (χ2v) is 8.92. The third-order valence-corrected chi connectivity index (χ3v) is 6.36. The molecule has 1 atom stereocenters. The van der Waals surface area contributed by atoms with Gasteiger partial charge in [0.2, 0.25) is 0 Å². The number of hydrogen-bond donors (Lipinski definition) is 0. The molecule has 0 spiro atoms. The Hall–Kier alpha value is -0.850. The summed E-state index contributed by atoms with van der Waals surface area (Å²) < 4.78 is 11.7. The molecule has 1 unspecified atom stereocenters. The Morgan fingerprint density at radius 3 is 2.52 bits per heavy atom. The predicted molar refractivity (Wildman–Crippen MR) is 112 cm³/mol.